The third kappa shape index (κ3) is 4.26. The third-order valence-corrected chi connectivity index (χ3v) is 7.52. The summed E-state index contributed by atoms with van der Waals surface area (Å²) in [4.78, 5) is 20.0. The Morgan fingerprint density at radius 1 is 1.33 bits per heavy atom. The predicted octanol–water partition coefficient (Wildman–Crippen LogP) is 2.14. The van der Waals surface area contributed by atoms with E-state index in [0.29, 0.717) is 42.5 Å². The summed E-state index contributed by atoms with van der Waals surface area (Å²) in [5, 5.41) is 8.66. The number of aromatic amines is 1. The second-order valence-electron chi connectivity index (χ2n) is 7.51. The smallest absolute Gasteiger partial charge is 0.281 e. The molecule has 4 rings (SSSR count). The summed E-state index contributed by atoms with van der Waals surface area (Å²) in [6.45, 7) is 3.03. The molecule has 1 aliphatic heterocycles. The molecule has 30 heavy (non-hydrogen) atoms. The maximum Gasteiger partial charge on any atom is 0.281 e. The second kappa shape index (κ2) is 8.44. The van der Waals surface area contributed by atoms with Crippen LogP contribution in [0.15, 0.2) is 29.1 Å². The highest BCUT2D eigenvalue weighted by molar-refractivity contribution is 7.89. The van der Waals surface area contributed by atoms with Gasteiger partial charge in [-0.2, -0.15) is 0 Å². The van der Waals surface area contributed by atoms with Crippen LogP contribution in [-0.4, -0.2) is 56.5 Å². The van der Waals surface area contributed by atoms with E-state index < -0.39 is 10.0 Å². The lowest BCUT2D eigenvalue weighted by Gasteiger charge is -2.31. The van der Waals surface area contributed by atoms with E-state index in [1.165, 1.54) is 4.31 Å². The number of nitrogens with one attached hydrogen (secondary N) is 1. The zero-order valence-electron chi connectivity index (χ0n) is 16.6. The van der Waals surface area contributed by atoms with Crippen molar-refractivity contribution in [1.82, 2.24) is 29.3 Å². The molecule has 1 aliphatic rings. The van der Waals surface area contributed by atoms with E-state index in [1.54, 1.807) is 10.7 Å². The normalized spacial score (nSPS) is 18.1. The quantitative estimate of drug-likeness (QED) is 0.615. The lowest BCUT2D eigenvalue weighted by atomic mass is 9.99. The van der Waals surface area contributed by atoms with Crippen LogP contribution in [0, 0.1) is 0 Å². The Labute approximate surface area is 179 Å². The van der Waals surface area contributed by atoms with Crippen molar-refractivity contribution >= 4 is 32.8 Å². The van der Waals surface area contributed by atoms with Crippen LogP contribution in [0.5, 0.6) is 0 Å². The highest BCUT2D eigenvalue weighted by Crippen LogP contribution is 2.26. The number of hydrogen-bond acceptors (Lipinski definition) is 6. The van der Waals surface area contributed by atoms with Crippen molar-refractivity contribution in [2.24, 2.45) is 0 Å². The molecule has 0 amide bonds. The summed E-state index contributed by atoms with van der Waals surface area (Å²) >= 11 is 6.06. The first kappa shape index (κ1) is 21.0. The van der Waals surface area contributed by atoms with Crippen LogP contribution in [0.3, 0.4) is 0 Å². The Kier molecular flexibility index (Phi) is 5.90. The van der Waals surface area contributed by atoms with Crippen molar-refractivity contribution in [3.63, 3.8) is 0 Å². The number of nitrogens with zero attached hydrogens (tertiary/aromatic N) is 5. The third-order valence-electron chi connectivity index (χ3n) is 5.24. The van der Waals surface area contributed by atoms with Crippen LogP contribution in [-0.2, 0) is 16.6 Å². The van der Waals surface area contributed by atoms with E-state index in [4.69, 9.17) is 11.6 Å². The first-order valence-corrected chi connectivity index (χ1v) is 11.9. The van der Waals surface area contributed by atoms with Gasteiger partial charge >= 0.3 is 0 Å². The van der Waals surface area contributed by atoms with Gasteiger partial charge in [0.1, 0.15) is 5.82 Å². The Balaban J connectivity index is 1.66. The fraction of sp³-hybridized carbons (Fsp3) is 0.474. The van der Waals surface area contributed by atoms with Gasteiger partial charge in [-0.05, 0) is 37.0 Å². The molecule has 0 unspecified atom stereocenters. The predicted molar refractivity (Wildman–Crippen MR) is 114 cm³/mol. The number of hydrogen-bond donors (Lipinski definition) is 1. The van der Waals surface area contributed by atoms with Gasteiger partial charge in [0.05, 0.1) is 12.3 Å². The Morgan fingerprint density at radius 3 is 2.93 bits per heavy atom. The molecule has 0 aliphatic carbocycles. The van der Waals surface area contributed by atoms with Gasteiger partial charge in [0.25, 0.3) is 5.56 Å². The molecule has 160 valence electrons. The number of aromatic nitrogens is 5. The molecule has 1 saturated heterocycles. The number of sulfonamides is 1. The molecular weight excluding hydrogens is 428 g/mol. The average Bonchev–Trinajstić information content (AvgIpc) is 3.11. The van der Waals surface area contributed by atoms with E-state index in [1.807, 2.05) is 25.1 Å². The zero-order chi connectivity index (χ0) is 21.3. The SMILES string of the molecule is CCCS(=O)(=O)N1CCC[C@H](c2nc3c(nnn3Cc3cccc(Cl)c3)c(=O)[nH]2)C1. The fourth-order valence-electron chi connectivity index (χ4n) is 3.80. The van der Waals surface area contributed by atoms with Crippen molar-refractivity contribution in [1.29, 1.82) is 0 Å². The van der Waals surface area contributed by atoms with Crippen molar-refractivity contribution in [3.8, 4) is 0 Å². The molecule has 1 atom stereocenters. The molecule has 0 saturated carbocycles. The molecular formula is C19H23ClN6O3S. The van der Waals surface area contributed by atoms with Gasteiger partial charge in [0, 0.05) is 24.0 Å². The number of H-pyrrole nitrogens is 1. The summed E-state index contributed by atoms with van der Waals surface area (Å²) in [7, 11) is -3.30. The van der Waals surface area contributed by atoms with E-state index in [9.17, 15) is 13.2 Å². The van der Waals surface area contributed by atoms with Crippen molar-refractivity contribution in [2.75, 3.05) is 18.8 Å². The van der Waals surface area contributed by atoms with E-state index >= 15 is 0 Å². The molecule has 1 fully saturated rings. The molecule has 0 bridgehead atoms. The van der Waals surface area contributed by atoms with Crippen LogP contribution < -0.4 is 5.56 Å². The Hall–Kier alpha value is -2.30. The standard InChI is InChI=1S/C19H23ClN6O3S/c1-2-9-30(28,29)25-8-4-6-14(12-25)17-21-18-16(19(27)22-17)23-24-26(18)11-13-5-3-7-15(20)10-13/h3,5,7,10,14H,2,4,6,8-9,11-12H2,1H3,(H,21,22,27)/t14-/m0/s1. The lowest BCUT2D eigenvalue weighted by Crippen LogP contribution is -2.41. The molecule has 0 spiro atoms. The minimum absolute atomic E-state index is 0.124. The Morgan fingerprint density at radius 2 is 2.17 bits per heavy atom. The van der Waals surface area contributed by atoms with Gasteiger partial charge in [0.15, 0.2) is 11.2 Å². The van der Waals surface area contributed by atoms with Crippen molar-refractivity contribution in [2.45, 2.75) is 38.6 Å². The van der Waals surface area contributed by atoms with E-state index in [2.05, 4.69) is 20.3 Å². The number of benzene rings is 1. The van der Waals surface area contributed by atoms with Crippen LogP contribution >= 0.6 is 11.6 Å². The summed E-state index contributed by atoms with van der Waals surface area (Å²) < 4.78 is 28.0. The van der Waals surface area contributed by atoms with Gasteiger partial charge in [-0.3, -0.25) is 4.79 Å². The number of piperidine rings is 1. The number of rotatable bonds is 6. The van der Waals surface area contributed by atoms with Gasteiger partial charge in [-0.25, -0.2) is 22.4 Å². The number of halogens is 1. The van der Waals surface area contributed by atoms with E-state index in [-0.39, 0.29) is 22.7 Å². The van der Waals surface area contributed by atoms with Crippen LogP contribution in [0.1, 0.15) is 43.5 Å². The molecule has 11 heteroatoms. The van der Waals surface area contributed by atoms with Gasteiger partial charge < -0.3 is 4.98 Å². The minimum atomic E-state index is -3.30. The fourth-order valence-corrected chi connectivity index (χ4v) is 5.60. The molecule has 3 aromatic rings. The first-order chi connectivity index (χ1) is 14.4. The summed E-state index contributed by atoms with van der Waals surface area (Å²) in [5.74, 6) is 0.412. The maximum atomic E-state index is 12.6. The molecule has 9 nitrogen and oxygen atoms in total. The maximum absolute atomic E-state index is 12.6. The van der Waals surface area contributed by atoms with Gasteiger partial charge in [0.2, 0.25) is 10.0 Å². The molecule has 1 aromatic carbocycles. The molecule has 2 aromatic heterocycles. The summed E-state index contributed by atoms with van der Waals surface area (Å²) in [5.41, 5.74) is 1.07. The molecule has 0 radical (unpaired) electrons. The average molecular weight is 451 g/mol. The van der Waals surface area contributed by atoms with Crippen molar-refractivity contribution < 1.29 is 8.42 Å². The summed E-state index contributed by atoms with van der Waals surface area (Å²) in [6.07, 6.45) is 2.04. The highest BCUT2D eigenvalue weighted by Gasteiger charge is 2.30. The van der Waals surface area contributed by atoms with E-state index in [0.717, 1.165) is 18.4 Å². The zero-order valence-corrected chi connectivity index (χ0v) is 18.2. The monoisotopic (exact) mass is 450 g/mol. The number of fused-ring (bicyclic) bond motifs is 1. The first-order valence-electron chi connectivity index (χ1n) is 9.93. The summed E-state index contributed by atoms with van der Waals surface area (Å²) in [6, 6.07) is 7.36. The molecule has 1 N–H and O–H groups in total. The van der Waals surface area contributed by atoms with Crippen LogP contribution in [0.4, 0.5) is 0 Å². The lowest BCUT2D eigenvalue weighted by molar-refractivity contribution is 0.309. The van der Waals surface area contributed by atoms with Crippen LogP contribution in [0.25, 0.3) is 11.2 Å². The van der Waals surface area contributed by atoms with Gasteiger partial charge in [-0.15, -0.1) is 5.10 Å². The van der Waals surface area contributed by atoms with Gasteiger partial charge in [-0.1, -0.05) is 35.9 Å². The van der Waals surface area contributed by atoms with Crippen molar-refractivity contribution in [3.05, 3.63) is 51.0 Å². The second-order valence-corrected chi connectivity index (χ2v) is 10.0. The minimum Gasteiger partial charge on any atom is -0.308 e. The van der Waals surface area contributed by atoms with Crippen LogP contribution in [0.2, 0.25) is 5.02 Å². The largest absolute Gasteiger partial charge is 0.308 e. The highest BCUT2D eigenvalue weighted by atomic mass is 35.5. The topological polar surface area (TPSA) is 114 Å². The molecule has 3 heterocycles. The Bertz CT molecular complexity index is 1220.